The summed E-state index contributed by atoms with van der Waals surface area (Å²) in [6.07, 6.45) is 3.99. The lowest BCUT2D eigenvalue weighted by Gasteiger charge is -2.53. The molecule has 0 saturated carbocycles. The predicted octanol–water partition coefficient (Wildman–Crippen LogP) is 5.27. The number of aryl methyl sites for hydroxylation is 2. The summed E-state index contributed by atoms with van der Waals surface area (Å²) < 4.78 is 0. The molecular formula is C25H32ClNO. The fourth-order valence-electron chi connectivity index (χ4n) is 5.76. The summed E-state index contributed by atoms with van der Waals surface area (Å²) >= 11 is 0. The van der Waals surface area contributed by atoms with Gasteiger partial charge in [0.2, 0.25) is 0 Å². The lowest BCUT2D eigenvalue weighted by molar-refractivity contribution is -0.119. The molecule has 3 aliphatic rings. The zero-order valence-electron chi connectivity index (χ0n) is 17.2. The molecule has 1 aliphatic carbocycles. The molecule has 0 radical (unpaired) electrons. The van der Waals surface area contributed by atoms with Crippen molar-refractivity contribution in [1.82, 2.24) is 4.90 Å². The van der Waals surface area contributed by atoms with Crippen LogP contribution in [0.15, 0.2) is 42.5 Å². The quantitative estimate of drug-likeness (QED) is 0.654. The first kappa shape index (κ1) is 19.9. The second-order valence-corrected chi connectivity index (χ2v) is 9.92. The highest BCUT2D eigenvalue weighted by molar-refractivity contribution is 5.85. The van der Waals surface area contributed by atoms with Gasteiger partial charge in [-0.3, -0.25) is 4.90 Å². The Morgan fingerprint density at radius 1 is 0.964 bits per heavy atom. The van der Waals surface area contributed by atoms with E-state index in [0.717, 1.165) is 38.8 Å². The average molecular weight is 398 g/mol. The zero-order valence-corrected chi connectivity index (χ0v) is 18.1. The zero-order chi connectivity index (χ0) is 18.8. The number of rotatable bonds is 0. The molecule has 1 fully saturated rings. The molecule has 0 aromatic heterocycles. The molecule has 2 nitrogen and oxygen atoms in total. The number of nitrogens with zero attached hydrogens (tertiary/aromatic N) is 1. The normalized spacial score (nSPS) is 29.0. The third-order valence-corrected chi connectivity index (χ3v) is 7.63. The standard InChI is InChI=1S/C25H31NO.ClH/c1-24(2,3)25(27)13-14-26-16-21-19-9-5-4-7-17(19)11-12-18-8-6-10-20(23(18)21)22(26)15-25;/h4-10,21-22,27H,11-16H2,1-3H3;1H/t21-,22-,25-;/m1./s1. The lowest BCUT2D eigenvalue weighted by Crippen LogP contribution is -2.55. The van der Waals surface area contributed by atoms with Crippen LogP contribution in [-0.2, 0) is 12.8 Å². The van der Waals surface area contributed by atoms with Gasteiger partial charge in [0.15, 0.2) is 0 Å². The number of hydrogen-bond acceptors (Lipinski definition) is 2. The second kappa shape index (κ2) is 6.86. The van der Waals surface area contributed by atoms with E-state index in [1.54, 1.807) is 5.56 Å². The van der Waals surface area contributed by atoms with Crippen molar-refractivity contribution in [3.8, 4) is 0 Å². The monoisotopic (exact) mass is 397 g/mol. The topological polar surface area (TPSA) is 23.5 Å². The van der Waals surface area contributed by atoms with E-state index in [2.05, 4.69) is 68.1 Å². The summed E-state index contributed by atoms with van der Waals surface area (Å²) in [5.74, 6) is 0.479. The summed E-state index contributed by atoms with van der Waals surface area (Å²) in [7, 11) is 0. The van der Waals surface area contributed by atoms with Crippen molar-refractivity contribution in [2.75, 3.05) is 13.1 Å². The van der Waals surface area contributed by atoms with Gasteiger partial charge in [-0.2, -0.15) is 0 Å². The summed E-state index contributed by atoms with van der Waals surface area (Å²) in [6, 6.07) is 16.3. The van der Waals surface area contributed by atoms with Gasteiger partial charge < -0.3 is 5.11 Å². The Hall–Kier alpha value is -1.35. The van der Waals surface area contributed by atoms with Crippen LogP contribution >= 0.6 is 12.4 Å². The van der Waals surface area contributed by atoms with Crippen LogP contribution in [0.2, 0.25) is 0 Å². The van der Waals surface area contributed by atoms with Crippen LogP contribution in [0, 0.1) is 5.41 Å². The number of piperidine rings is 1. The molecule has 0 spiro atoms. The molecule has 2 aromatic rings. The Bertz CT molecular complexity index is 886. The van der Waals surface area contributed by atoms with Gasteiger partial charge in [-0.15, -0.1) is 12.4 Å². The summed E-state index contributed by atoms with van der Waals surface area (Å²) in [5, 5.41) is 11.5. The first-order valence-electron chi connectivity index (χ1n) is 10.5. The van der Waals surface area contributed by atoms with E-state index in [-0.39, 0.29) is 17.8 Å². The highest BCUT2D eigenvalue weighted by Crippen LogP contribution is 2.51. The minimum absolute atomic E-state index is 0. The Labute approximate surface area is 175 Å². The Kier molecular flexibility index (Phi) is 4.89. The molecule has 2 heterocycles. The number of fused-ring (bicyclic) bond motifs is 4. The van der Waals surface area contributed by atoms with E-state index in [4.69, 9.17) is 0 Å². The smallest absolute Gasteiger partial charge is 0.0726 e. The molecule has 3 heteroatoms. The van der Waals surface area contributed by atoms with Crippen molar-refractivity contribution in [3.05, 3.63) is 70.3 Å². The molecule has 1 N–H and O–H groups in total. The van der Waals surface area contributed by atoms with Crippen molar-refractivity contribution in [1.29, 1.82) is 0 Å². The maximum atomic E-state index is 11.5. The predicted molar refractivity (Wildman–Crippen MR) is 117 cm³/mol. The van der Waals surface area contributed by atoms with Crippen molar-refractivity contribution in [2.24, 2.45) is 5.41 Å². The van der Waals surface area contributed by atoms with Crippen molar-refractivity contribution in [2.45, 2.75) is 64.0 Å². The van der Waals surface area contributed by atoms with Gasteiger partial charge in [-0.25, -0.2) is 0 Å². The van der Waals surface area contributed by atoms with E-state index < -0.39 is 5.60 Å². The van der Waals surface area contributed by atoms with E-state index in [9.17, 15) is 5.11 Å². The molecule has 28 heavy (non-hydrogen) atoms. The fourth-order valence-corrected chi connectivity index (χ4v) is 5.76. The van der Waals surface area contributed by atoms with Crippen LogP contribution in [0.3, 0.4) is 0 Å². The third-order valence-electron chi connectivity index (χ3n) is 7.63. The van der Waals surface area contributed by atoms with Crippen LogP contribution in [0.1, 0.15) is 73.4 Å². The molecule has 0 bridgehead atoms. The van der Waals surface area contributed by atoms with Gasteiger partial charge in [0.05, 0.1) is 5.60 Å². The van der Waals surface area contributed by atoms with Gasteiger partial charge in [-0.1, -0.05) is 63.2 Å². The Balaban J connectivity index is 0.00000192. The van der Waals surface area contributed by atoms with Crippen molar-refractivity contribution in [3.63, 3.8) is 0 Å². The van der Waals surface area contributed by atoms with E-state index in [1.165, 1.54) is 22.3 Å². The highest BCUT2D eigenvalue weighted by atomic mass is 35.5. The Morgan fingerprint density at radius 3 is 2.43 bits per heavy atom. The molecule has 0 unspecified atom stereocenters. The van der Waals surface area contributed by atoms with Crippen LogP contribution in [0.4, 0.5) is 0 Å². The van der Waals surface area contributed by atoms with Crippen LogP contribution in [0.25, 0.3) is 0 Å². The number of halogens is 1. The maximum absolute atomic E-state index is 11.5. The second-order valence-electron chi connectivity index (χ2n) is 9.92. The number of aliphatic hydroxyl groups is 1. The van der Waals surface area contributed by atoms with Gasteiger partial charge >= 0.3 is 0 Å². The van der Waals surface area contributed by atoms with Gasteiger partial charge in [0.1, 0.15) is 0 Å². The first-order valence-corrected chi connectivity index (χ1v) is 10.5. The molecule has 2 aromatic carbocycles. The minimum atomic E-state index is -0.591. The minimum Gasteiger partial charge on any atom is -0.389 e. The van der Waals surface area contributed by atoms with Crippen molar-refractivity contribution < 1.29 is 5.11 Å². The van der Waals surface area contributed by atoms with E-state index in [0.29, 0.717) is 12.0 Å². The van der Waals surface area contributed by atoms with E-state index >= 15 is 0 Å². The van der Waals surface area contributed by atoms with Gasteiger partial charge in [0, 0.05) is 25.0 Å². The highest BCUT2D eigenvalue weighted by Gasteiger charge is 2.49. The third kappa shape index (κ3) is 2.93. The summed E-state index contributed by atoms with van der Waals surface area (Å²) in [4.78, 5) is 2.65. The Morgan fingerprint density at radius 2 is 1.64 bits per heavy atom. The fraction of sp³-hybridized carbons (Fsp3) is 0.520. The number of hydrogen-bond donors (Lipinski definition) is 1. The van der Waals surface area contributed by atoms with Crippen LogP contribution < -0.4 is 0 Å². The molecule has 5 rings (SSSR count). The van der Waals surface area contributed by atoms with Gasteiger partial charge in [0.25, 0.3) is 0 Å². The van der Waals surface area contributed by atoms with Crippen molar-refractivity contribution >= 4 is 12.4 Å². The van der Waals surface area contributed by atoms with E-state index in [1.807, 2.05) is 0 Å². The molecule has 0 amide bonds. The molecular weight excluding hydrogens is 366 g/mol. The largest absolute Gasteiger partial charge is 0.389 e. The molecule has 3 atom stereocenters. The molecule has 150 valence electrons. The molecule has 1 saturated heterocycles. The van der Waals surface area contributed by atoms with Crippen LogP contribution in [-0.4, -0.2) is 28.7 Å². The summed E-state index contributed by atoms with van der Waals surface area (Å²) in [5.41, 5.74) is 6.94. The average Bonchev–Trinajstić information content (AvgIpc) is 2.80. The SMILES string of the molecule is CC(C)(C)[C@@]1(O)CCN2C[C@@H]3c4ccccc4CCc4cccc(c43)[C@H]2C1.Cl. The molecule has 2 aliphatic heterocycles. The number of benzene rings is 2. The lowest BCUT2D eigenvalue weighted by atomic mass is 9.66. The summed E-state index contributed by atoms with van der Waals surface area (Å²) in [6.45, 7) is 8.65. The van der Waals surface area contributed by atoms with Gasteiger partial charge in [-0.05, 0) is 58.9 Å². The van der Waals surface area contributed by atoms with Crippen LogP contribution in [0.5, 0.6) is 0 Å². The maximum Gasteiger partial charge on any atom is 0.0726 e. The first-order chi connectivity index (χ1) is 12.9.